The highest BCUT2D eigenvalue weighted by Crippen LogP contribution is 2.22. The summed E-state index contributed by atoms with van der Waals surface area (Å²) in [4.78, 5) is 11.0. The van der Waals surface area contributed by atoms with Crippen LogP contribution < -0.4 is 0 Å². The summed E-state index contributed by atoms with van der Waals surface area (Å²) >= 11 is 0. The second-order valence-corrected chi connectivity index (χ2v) is 3.74. The molecule has 1 aliphatic rings. The Morgan fingerprint density at radius 1 is 1.58 bits per heavy atom. The zero-order valence-corrected chi connectivity index (χ0v) is 7.96. The zero-order valence-electron chi connectivity index (χ0n) is 7.96. The lowest BCUT2D eigenvalue weighted by molar-refractivity contribution is -0.154. The number of allylic oxidation sites excluding steroid dienone is 2. The number of carbonyl (C=O) groups excluding carboxylic acids is 1. The van der Waals surface area contributed by atoms with E-state index in [0.29, 0.717) is 12.3 Å². The molecule has 0 spiro atoms. The maximum absolute atomic E-state index is 11.0. The molecule has 0 aromatic rings. The van der Waals surface area contributed by atoms with Gasteiger partial charge in [0.15, 0.2) is 0 Å². The van der Waals surface area contributed by atoms with E-state index in [1.807, 2.05) is 6.92 Å². The largest absolute Gasteiger partial charge is 0.463 e. The number of carbonyl (C=O) groups is 1. The smallest absolute Gasteiger partial charge is 0.306 e. The topological polar surface area (TPSA) is 26.3 Å². The molecule has 68 valence electrons. The summed E-state index contributed by atoms with van der Waals surface area (Å²) in [5.41, 5.74) is 1.28. The molecule has 1 aliphatic heterocycles. The van der Waals surface area contributed by atoms with Crippen molar-refractivity contribution in [1.82, 2.24) is 0 Å². The lowest BCUT2D eigenvalue weighted by Gasteiger charge is -2.24. The number of esters is 1. The molecule has 0 saturated carbocycles. The van der Waals surface area contributed by atoms with Gasteiger partial charge < -0.3 is 4.74 Å². The van der Waals surface area contributed by atoms with Gasteiger partial charge in [0.25, 0.3) is 0 Å². The summed E-state index contributed by atoms with van der Waals surface area (Å²) in [6.07, 6.45) is 3.77. The van der Waals surface area contributed by atoms with Crippen molar-refractivity contribution in [2.75, 3.05) is 0 Å². The van der Waals surface area contributed by atoms with Crippen LogP contribution in [0.1, 0.15) is 33.6 Å². The molecular formula is C10H16O2. The number of hydrogen-bond acceptors (Lipinski definition) is 2. The summed E-state index contributed by atoms with van der Waals surface area (Å²) in [5, 5.41) is 0. The van der Waals surface area contributed by atoms with Gasteiger partial charge in [-0.05, 0) is 33.1 Å². The molecule has 1 rings (SSSR count). The van der Waals surface area contributed by atoms with Crippen LogP contribution in [0, 0.1) is 5.92 Å². The lowest BCUT2D eigenvalue weighted by atomic mass is 9.94. The van der Waals surface area contributed by atoms with Gasteiger partial charge in [0.1, 0.15) is 0 Å². The SMILES string of the molecule is CC(C)=C[C@@H]1CC(=O)O[C@H](C)C1. The van der Waals surface area contributed by atoms with Crippen molar-refractivity contribution in [3.05, 3.63) is 11.6 Å². The van der Waals surface area contributed by atoms with Crippen molar-refractivity contribution in [2.45, 2.75) is 39.7 Å². The first kappa shape index (κ1) is 9.30. The predicted octanol–water partition coefficient (Wildman–Crippen LogP) is 2.29. The first-order chi connectivity index (χ1) is 5.58. The predicted molar refractivity (Wildman–Crippen MR) is 47.7 cm³/mol. The fraction of sp³-hybridized carbons (Fsp3) is 0.700. The van der Waals surface area contributed by atoms with Gasteiger partial charge in [-0.15, -0.1) is 0 Å². The Morgan fingerprint density at radius 2 is 2.25 bits per heavy atom. The van der Waals surface area contributed by atoms with Crippen molar-refractivity contribution >= 4 is 5.97 Å². The molecule has 1 fully saturated rings. The van der Waals surface area contributed by atoms with Crippen molar-refractivity contribution < 1.29 is 9.53 Å². The first-order valence-corrected chi connectivity index (χ1v) is 4.42. The van der Waals surface area contributed by atoms with Crippen LogP contribution in [0.3, 0.4) is 0 Å². The van der Waals surface area contributed by atoms with E-state index in [4.69, 9.17) is 4.74 Å². The maximum Gasteiger partial charge on any atom is 0.306 e. The van der Waals surface area contributed by atoms with Crippen LogP contribution in [0.5, 0.6) is 0 Å². The summed E-state index contributed by atoms with van der Waals surface area (Å²) in [5.74, 6) is 0.336. The molecule has 2 atom stereocenters. The Hall–Kier alpha value is -0.790. The van der Waals surface area contributed by atoms with Gasteiger partial charge in [0, 0.05) is 0 Å². The molecule has 0 amide bonds. The third-order valence-corrected chi connectivity index (χ3v) is 1.97. The molecule has 0 bridgehead atoms. The molecule has 2 heteroatoms. The molecule has 2 nitrogen and oxygen atoms in total. The third kappa shape index (κ3) is 2.68. The van der Waals surface area contributed by atoms with Gasteiger partial charge in [-0.2, -0.15) is 0 Å². The Morgan fingerprint density at radius 3 is 2.75 bits per heavy atom. The van der Waals surface area contributed by atoms with E-state index in [2.05, 4.69) is 19.9 Å². The van der Waals surface area contributed by atoms with Crippen molar-refractivity contribution in [3.63, 3.8) is 0 Å². The van der Waals surface area contributed by atoms with Crippen molar-refractivity contribution in [1.29, 1.82) is 0 Å². The van der Waals surface area contributed by atoms with E-state index in [9.17, 15) is 4.79 Å². The van der Waals surface area contributed by atoms with Crippen LogP contribution in [-0.2, 0) is 9.53 Å². The average molecular weight is 168 g/mol. The van der Waals surface area contributed by atoms with E-state index in [0.717, 1.165) is 6.42 Å². The molecule has 0 radical (unpaired) electrons. The van der Waals surface area contributed by atoms with Crippen LogP contribution in [0.4, 0.5) is 0 Å². The van der Waals surface area contributed by atoms with Gasteiger partial charge in [0.05, 0.1) is 12.5 Å². The van der Waals surface area contributed by atoms with Crippen LogP contribution in [0.15, 0.2) is 11.6 Å². The molecule has 1 saturated heterocycles. The fourth-order valence-corrected chi connectivity index (χ4v) is 1.64. The van der Waals surface area contributed by atoms with E-state index in [-0.39, 0.29) is 12.1 Å². The van der Waals surface area contributed by atoms with Crippen LogP contribution in [-0.4, -0.2) is 12.1 Å². The van der Waals surface area contributed by atoms with E-state index in [1.165, 1.54) is 5.57 Å². The first-order valence-electron chi connectivity index (χ1n) is 4.42. The summed E-state index contributed by atoms with van der Waals surface area (Å²) in [7, 11) is 0. The Bertz CT molecular complexity index is 202. The van der Waals surface area contributed by atoms with E-state index in [1.54, 1.807) is 0 Å². The Kier molecular flexibility index (Phi) is 2.90. The third-order valence-electron chi connectivity index (χ3n) is 1.97. The van der Waals surface area contributed by atoms with E-state index < -0.39 is 0 Å². The molecule has 0 unspecified atom stereocenters. The zero-order chi connectivity index (χ0) is 9.14. The van der Waals surface area contributed by atoms with Crippen molar-refractivity contribution in [2.24, 2.45) is 5.92 Å². The standard InChI is InChI=1S/C10H16O2/c1-7(2)4-9-5-8(3)12-10(11)6-9/h4,8-9H,5-6H2,1-3H3/t8-,9+/m1/s1. The molecule has 0 aliphatic carbocycles. The lowest BCUT2D eigenvalue weighted by Crippen LogP contribution is -2.26. The van der Waals surface area contributed by atoms with Crippen LogP contribution in [0.2, 0.25) is 0 Å². The highest BCUT2D eigenvalue weighted by atomic mass is 16.5. The van der Waals surface area contributed by atoms with Crippen molar-refractivity contribution in [3.8, 4) is 0 Å². The van der Waals surface area contributed by atoms with Gasteiger partial charge in [-0.3, -0.25) is 4.79 Å². The monoisotopic (exact) mass is 168 g/mol. The molecule has 1 heterocycles. The molecule has 0 N–H and O–H groups in total. The van der Waals surface area contributed by atoms with Crippen LogP contribution in [0.25, 0.3) is 0 Å². The maximum atomic E-state index is 11.0. The summed E-state index contributed by atoms with van der Waals surface area (Å²) in [6, 6.07) is 0. The minimum atomic E-state index is -0.0590. The van der Waals surface area contributed by atoms with Gasteiger partial charge in [-0.1, -0.05) is 11.6 Å². The summed E-state index contributed by atoms with van der Waals surface area (Å²) < 4.78 is 5.03. The second-order valence-electron chi connectivity index (χ2n) is 3.74. The summed E-state index contributed by atoms with van der Waals surface area (Å²) in [6.45, 7) is 6.07. The minimum absolute atomic E-state index is 0.0590. The van der Waals surface area contributed by atoms with Crippen LogP contribution >= 0.6 is 0 Å². The molecule has 0 aromatic heterocycles. The number of ether oxygens (including phenoxy) is 1. The Balaban J connectivity index is 2.55. The average Bonchev–Trinajstić information content (AvgIpc) is 1.81. The second kappa shape index (κ2) is 3.74. The van der Waals surface area contributed by atoms with E-state index >= 15 is 0 Å². The molecule has 0 aromatic carbocycles. The fourth-order valence-electron chi connectivity index (χ4n) is 1.64. The molecular weight excluding hydrogens is 152 g/mol. The number of cyclic esters (lactones) is 1. The number of rotatable bonds is 1. The quantitative estimate of drug-likeness (QED) is 0.443. The normalized spacial score (nSPS) is 29.4. The van der Waals surface area contributed by atoms with Gasteiger partial charge >= 0.3 is 5.97 Å². The Labute approximate surface area is 73.6 Å². The molecule has 12 heavy (non-hydrogen) atoms. The van der Waals surface area contributed by atoms with Gasteiger partial charge in [-0.25, -0.2) is 0 Å². The van der Waals surface area contributed by atoms with Gasteiger partial charge in [0.2, 0.25) is 0 Å². The minimum Gasteiger partial charge on any atom is -0.463 e. The highest BCUT2D eigenvalue weighted by Gasteiger charge is 2.23. The number of hydrogen-bond donors (Lipinski definition) is 0. The highest BCUT2D eigenvalue weighted by molar-refractivity contribution is 5.70.